The summed E-state index contributed by atoms with van der Waals surface area (Å²) in [5.41, 5.74) is 2.08. The first-order chi connectivity index (χ1) is 9.69. The first kappa shape index (κ1) is 14.1. The third-order valence-electron chi connectivity index (χ3n) is 2.64. The first-order valence-electron chi connectivity index (χ1n) is 5.97. The van der Waals surface area contributed by atoms with Crippen LogP contribution in [0.3, 0.4) is 0 Å². The summed E-state index contributed by atoms with van der Waals surface area (Å²) >= 11 is 3.27. The minimum Gasteiger partial charge on any atom is -0.334 e. The van der Waals surface area contributed by atoms with Crippen LogP contribution >= 0.6 is 15.9 Å². The number of carbonyl (C=O) groups excluding carboxylic acids is 1. The number of rotatable bonds is 3. The van der Waals surface area contributed by atoms with Crippen molar-refractivity contribution < 1.29 is 4.79 Å². The van der Waals surface area contributed by atoms with Crippen LogP contribution in [0, 0.1) is 11.3 Å². The van der Waals surface area contributed by atoms with Crippen molar-refractivity contribution in [2.24, 2.45) is 0 Å². The molecule has 2 N–H and O–H groups in total. The van der Waals surface area contributed by atoms with Gasteiger partial charge in [0.1, 0.15) is 6.07 Å². The lowest BCUT2D eigenvalue weighted by Gasteiger charge is -2.08. The fourth-order valence-corrected chi connectivity index (χ4v) is 1.98. The molecule has 2 amide bonds. The summed E-state index contributed by atoms with van der Waals surface area (Å²) in [4.78, 5) is 11.8. The molecule has 0 atom stereocenters. The first-order valence-corrected chi connectivity index (χ1v) is 6.77. The predicted molar refractivity (Wildman–Crippen MR) is 81.2 cm³/mol. The van der Waals surface area contributed by atoms with Crippen molar-refractivity contribution in [1.29, 1.82) is 5.26 Å². The molecule has 0 aliphatic rings. The maximum absolute atomic E-state index is 11.8. The van der Waals surface area contributed by atoms with Gasteiger partial charge in [0, 0.05) is 16.7 Å². The number of anilines is 1. The van der Waals surface area contributed by atoms with E-state index < -0.39 is 0 Å². The lowest BCUT2D eigenvalue weighted by molar-refractivity contribution is 0.251. The van der Waals surface area contributed by atoms with Crippen LogP contribution in [0.5, 0.6) is 0 Å². The van der Waals surface area contributed by atoms with Crippen LogP contribution in [-0.4, -0.2) is 6.03 Å². The van der Waals surface area contributed by atoms with E-state index in [2.05, 4.69) is 26.6 Å². The van der Waals surface area contributed by atoms with Crippen molar-refractivity contribution in [2.75, 3.05) is 5.32 Å². The van der Waals surface area contributed by atoms with Crippen LogP contribution in [0.25, 0.3) is 0 Å². The Morgan fingerprint density at radius 2 is 1.95 bits per heavy atom. The Bertz CT molecular complexity index is 650. The fourth-order valence-electron chi connectivity index (χ4n) is 1.64. The summed E-state index contributed by atoms with van der Waals surface area (Å²) in [5.74, 6) is 0. The Kier molecular flexibility index (Phi) is 4.75. The van der Waals surface area contributed by atoms with Crippen LogP contribution in [-0.2, 0) is 6.54 Å². The maximum atomic E-state index is 11.8. The van der Waals surface area contributed by atoms with Crippen LogP contribution in [0.1, 0.15) is 11.1 Å². The number of urea groups is 1. The SMILES string of the molecule is N#Cc1cc(NC(=O)NCc2ccccc2)ccc1Br. The summed E-state index contributed by atoms with van der Waals surface area (Å²) in [5, 5.41) is 14.4. The molecule has 100 valence electrons. The summed E-state index contributed by atoms with van der Waals surface area (Å²) in [7, 11) is 0. The molecule has 0 bridgehead atoms. The summed E-state index contributed by atoms with van der Waals surface area (Å²) in [6, 6.07) is 16.5. The number of hydrogen-bond acceptors (Lipinski definition) is 2. The van der Waals surface area contributed by atoms with E-state index in [-0.39, 0.29) is 6.03 Å². The molecule has 2 aromatic carbocycles. The lowest BCUT2D eigenvalue weighted by atomic mass is 10.2. The van der Waals surface area contributed by atoms with Gasteiger partial charge in [-0.3, -0.25) is 0 Å². The van der Waals surface area contributed by atoms with Crippen molar-refractivity contribution in [1.82, 2.24) is 5.32 Å². The highest BCUT2D eigenvalue weighted by Crippen LogP contribution is 2.20. The molecule has 4 nitrogen and oxygen atoms in total. The van der Waals surface area contributed by atoms with Crippen molar-refractivity contribution >= 4 is 27.6 Å². The summed E-state index contributed by atoms with van der Waals surface area (Å²) in [6.45, 7) is 0.453. The average Bonchev–Trinajstić information content (AvgIpc) is 2.48. The number of benzene rings is 2. The van der Waals surface area contributed by atoms with E-state index in [1.54, 1.807) is 18.2 Å². The van der Waals surface area contributed by atoms with Crippen LogP contribution < -0.4 is 10.6 Å². The molecule has 0 saturated carbocycles. The van der Waals surface area contributed by atoms with Crippen LogP contribution in [0.2, 0.25) is 0 Å². The topological polar surface area (TPSA) is 64.9 Å². The lowest BCUT2D eigenvalue weighted by Crippen LogP contribution is -2.28. The van der Waals surface area contributed by atoms with Crippen molar-refractivity contribution in [3.05, 3.63) is 64.1 Å². The van der Waals surface area contributed by atoms with E-state index in [1.807, 2.05) is 36.4 Å². The number of nitriles is 1. The number of nitrogens with zero attached hydrogens (tertiary/aromatic N) is 1. The molecule has 0 radical (unpaired) electrons. The van der Waals surface area contributed by atoms with Gasteiger partial charge in [-0.2, -0.15) is 5.26 Å². The van der Waals surface area contributed by atoms with E-state index in [0.29, 0.717) is 22.3 Å². The molecule has 0 heterocycles. The van der Waals surface area contributed by atoms with E-state index in [9.17, 15) is 4.79 Å². The molecule has 2 aromatic rings. The van der Waals surface area contributed by atoms with Gasteiger partial charge >= 0.3 is 6.03 Å². The Morgan fingerprint density at radius 1 is 1.20 bits per heavy atom. The smallest absolute Gasteiger partial charge is 0.319 e. The van der Waals surface area contributed by atoms with Crippen molar-refractivity contribution in [2.45, 2.75) is 6.54 Å². The molecule has 0 aromatic heterocycles. The highest BCUT2D eigenvalue weighted by molar-refractivity contribution is 9.10. The van der Waals surface area contributed by atoms with Gasteiger partial charge in [0.2, 0.25) is 0 Å². The highest BCUT2D eigenvalue weighted by Gasteiger charge is 2.04. The third-order valence-corrected chi connectivity index (χ3v) is 3.33. The standard InChI is InChI=1S/C15H12BrN3O/c16-14-7-6-13(8-12(14)9-17)19-15(20)18-10-11-4-2-1-3-5-11/h1-8H,10H2,(H2,18,19,20). The fraction of sp³-hybridized carbons (Fsp3) is 0.0667. The van der Waals surface area contributed by atoms with Crippen LogP contribution in [0.4, 0.5) is 10.5 Å². The molecule has 0 aliphatic carbocycles. The van der Waals surface area contributed by atoms with E-state index in [0.717, 1.165) is 5.56 Å². The Hall–Kier alpha value is -2.32. The van der Waals surface area contributed by atoms with Gasteiger partial charge in [0.05, 0.1) is 5.56 Å². The summed E-state index contributed by atoms with van der Waals surface area (Å²) in [6.07, 6.45) is 0. The number of halogens is 1. The van der Waals surface area contributed by atoms with Gasteiger partial charge in [-0.25, -0.2) is 4.79 Å². The molecular formula is C15H12BrN3O. The molecular weight excluding hydrogens is 318 g/mol. The molecule has 0 saturated heterocycles. The van der Waals surface area contributed by atoms with Gasteiger partial charge in [0.15, 0.2) is 0 Å². The monoisotopic (exact) mass is 329 g/mol. The Labute approximate surface area is 125 Å². The predicted octanol–water partition coefficient (Wildman–Crippen LogP) is 3.64. The summed E-state index contributed by atoms with van der Waals surface area (Å²) < 4.78 is 0.704. The number of hydrogen-bond donors (Lipinski definition) is 2. The number of amides is 2. The molecule has 0 spiro atoms. The second-order valence-corrected chi connectivity index (χ2v) is 4.95. The number of carbonyl (C=O) groups is 1. The molecule has 2 rings (SSSR count). The molecule has 20 heavy (non-hydrogen) atoms. The van der Waals surface area contributed by atoms with Gasteiger partial charge < -0.3 is 10.6 Å². The van der Waals surface area contributed by atoms with E-state index in [1.165, 1.54) is 0 Å². The zero-order chi connectivity index (χ0) is 14.4. The minimum absolute atomic E-state index is 0.305. The Morgan fingerprint density at radius 3 is 2.65 bits per heavy atom. The largest absolute Gasteiger partial charge is 0.334 e. The molecule has 0 fully saturated rings. The molecule has 0 aliphatic heterocycles. The van der Waals surface area contributed by atoms with Crippen molar-refractivity contribution in [3.63, 3.8) is 0 Å². The quantitative estimate of drug-likeness (QED) is 0.902. The second-order valence-electron chi connectivity index (χ2n) is 4.10. The van der Waals surface area contributed by atoms with Crippen molar-refractivity contribution in [3.8, 4) is 6.07 Å². The highest BCUT2D eigenvalue weighted by atomic mass is 79.9. The van der Waals surface area contributed by atoms with Crippen LogP contribution in [0.15, 0.2) is 53.0 Å². The average molecular weight is 330 g/mol. The van der Waals surface area contributed by atoms with Gasteiger partial charge in [-0.1, -0.05) is 30.3 Å². The minimum atomic E-state index is -0.305. The van der Waals surface area contributed by atoms with Gasteiger partial charge in [-0.05, 0) is 39.7 Å². The molecule has 0 unspecified atom stereocenters. The second kappa shape index (κ2) is 6.73. The number of nitrogens with one attached hydrogen (secondary N) is 2. The molecule has 5 heteroatoms. The van der Waals surface area contributed by atoms with Gasteiger partial charge in [-0.15, -0.1) is 0 Å². The normalized spacial score (nSPS) is 9.60. The maximum Gasteiger partial charge on any atom is 0.319 e. The third kappa shape index (κ3) is 3.84. The van der Waals surface area contributed by atoms with E-state index >= 15 is 0 Å². The van der Waals surface area contributed by atoms with E-state index in [4.69, 9.17) is 5.26 Å². The van der Waals surface area contributed by atoms with Gasteiger partial charge in [0.25, 0.3) is 0 Å². The zero-order valence-electron chi connectivity index (χ0n) is 10.6. The Balaban J connectivity index is 1.93. The zero-order valence-corrected chi connectivity index (χ0v) is 12.1.